The van der Waals surface area contributed by atoms with Crippen LogP contribution >= 0.6 is 33.9 Å². The average molecular weight is 419 g/mol. The van der Waals surface area contributed by atoms with E-state index in [1.807, 2.05) is 29.6 Å². The van der Waals surface area contributed by atoms with Crippen LogP contribution in [0.5, 0.6) is 11.5 Å². The summed E-state index contributed by atoms with van der Waals surface area (Å²) in [6.45, 7) is 0.350. The molecule has 0 amide bonds. The molecule has 1 heterocycles. The molecule has 0 spiro atoms. The molecule has 2 aromatic rings. The Balaban J connectivity index is 2.32. The van der Waals surface area contributed by atoms with E-state index < -0.39 is 6.10 Å². The second-order valence-electron chi connectivity index (χ2n) is 4.59. The van der Waals surface area contributed by atoms with Gasteiger partial charge in [-0.05, 0) is 57.3 Å². The molecule has 0 fully saturated rings. The highest BCUT2D eigenvalue weighted by Crippen LogP contribution is 2.36. The van der Waals surface area contributed by atoms with Crippen molar-refractivity contribution >= 4 is 33.9 Å². The number of hydrogen-bond donors (Lipinski definition) is 2. The third-order valence-electron chi connectivity index (χ3n) is 3.40. The van der Waals surface area contributed by atoms with Crippen LogP contribution in [0.25, 0.3) is 0 Å². The van der Waals surface area contributed by atoms with Gasteiger partial charge in [-0.1, -0.05) is 6.07 Å². The number of aliphatic hydroxyl groups is 1. The molecular formula is C15H18INO3S. The number of ether oxygens (including phenoxy) is 2. The van der Waals surface area contributed by atoms with Crippen LogP contribution < -0.4 is 15.2 Å². The number of hydrogen-bond acceptors (Lipinski definition) is 5. The lowest BCUT2D eigenvalue weighted by Crippen LogP contribution is -2.20. The van der Waals surface area contributed by atoms with Gasteiger partial charge in [0.1, 0.15) is 0 Å². The molecule has 2 rings (SSSR count). The van der Waals surface area contributed by atoms with Crippen molar-refractivity contribution in [2.75, 3.05) is 20.8 Å². The van der Waals surface area contributed by atoms with Crippen LogP contribution in [0.1, 0.15) is 23.1 Å². The first-order valence-corrected chi connectivity index (χ1v) is 8.40. The predicted octanol–water partition coefficient (Wildman–Crippen LogP) is 3.15. The minimum atomic E-state index is -0.632. The van der Waals surface area contributed by atoms with Gasteiger partial charge in [-0.3, -0.25) is 0 Å². The average Bonchev–Trinajstić information content (AvgIpc) is 2.94. The van der Waals surface area contributed by atoms with Crippen molar-refractivity contribution < 1.29 is 14.6 Å². The second kappa shape index (κ2) is 7.44. The SMILES string of the molecule is COc1ccc(C(CN)C(O)c2csc(I)c2)cc1OC. The molecule has 2 atom stereocenters. The summed E-state index contributed by atoms with van der Waals surface area (Å²) in [5.74, 6) is 1.12. The van der Waals surface area contributed by atoms with E-state index in [1.165, 1.54) is 0 Å². The van der Waals surface area contributed by atoms with Crippen molar-refractivity contribution in [3.8, 4) is 11.5 Å². The number of rotatable bonds is 6. The lowest BCUT2D eigenvalue weighted by Gasteiger charge is -2.22. The minimum absolute atomic E-state index is 0.185. The van der Waals surface area contributed by atoms with E-state index in [-0.39, 0.29) is 5.92 Å². The molecule has 6 heteroatoms. The van der Waals surface area contributed by atoms with Crippen LogP contribution in [0.4, 0.5) is 0 Å². The molecule has 4 nitrogen and oxygen atoms in total. The molecule has 3 N–H and O–H groups in total. The van der Waals surface area contributed by atoms with Crippen molar-refractivity contribution in [1.82, 2.24) is 0 Å². The van der Waals surface area contributed by atoms with Gasteiger partial charge >= 0.3 is 0 Å². The number of methoxy groups -OCH3 is 2. The maximum Gasteiger partial charge on any atom is 0.160 e. The lowest BCUT2D eigenvalue weighted by molar-refractivity contribution is 0.147. The van der Waals surface area contributed by atoms with E-state index in [0.717, 1.165) is 14.0 Å². The van der Waals surface area contributed by atoms with Gasteiger partial charge in [0.2, 0.25) is 0 Å². The van der Waals surface area contributed by atoms with Gasteiger partial charge in [-0.25, -0.2) is 0 Å². The van der Waals surface area contributed by atoms with Gasteiger partial charge in [0.15, 0.2) is 11.5 Å². The second-order valence-corrected chi connectivity index (χ2v) is 7.39. The zero-order valence-electron chi connectivity index (χ0n) is 11.9. The first kappa shape index (κ1) is 16.5. The highest BCUT2D eigenvalue weighted by atomic mass is 127. The van der Waals surface area contributed by atoms with Crippen molar-refractivity contribution in [3.63, 3.8) is 0 Å². The molecule has 0 aliphatic heterocycles. The van der Waals surface area contributed by atoms with E-state index in [0.29, 0.717) is 18.0 Å². The Morgan fingerprint density at radius 1 is 1.19 bits per heavy atom. The molecule has 1 aromatic heterocycles. The third kappa shape index (κ3) is 3.68. The minimum Gasteiger partial charge on any atom is -0.493 e. The molecule has 0 radical (unpaired) electrons. The normalized spacial score (nSPS) is 13.8. The van der Waals surface area contributed by atoms with Crippen molar-refractivity contribution in [1.29, 1.82) is 0 Å². The third-order valence-corrected chi connectivity index (χ3v) is 5.21. The van der Waals surface area contributed by atoms with Crippen molar-refractivity contribution in [3.05, 3.63) is 43.7 Å². The maximum absolute atomic E-state index is 10.6. The Labute approximate surface area is 142 Å². The van der Waals surface area contributed by atoms with Crippen LogP contribution in [0.3, 0.4) is 0 Å². The van der Waals surface area contributed by atoms with E-state index in [9.17, 15) is 5.11 Å². The topological polar surface area (TPSA) is 64.7 Å². The van der Waals surface area contributed by atoms with Crippen LogP contribution in [0.15, 0.2) is 29.6 Å². The molecule has 0 saturated carbocycles. The molecule has 0 aliphatic carbocycles. The number of aliphatic hydroxyl groups excluding tert-OH is 1. The predicted molar refractivity (Wildman–Crippen MR) is 93.3 cm³/mol. The van der Waals surface area contributed by atoms with Gasteiger partial charge in [-0.15, -0.1) is 11.3 Å². The summed E-state index contributed by atoms with van der Waals surface area (Å²) < 4.78 is 11.7. The Morgan fingerprint density at radius 3 is 2.43 bits per heavy atom. The van der Waals surface area contributed by atoms with E-state index >= 15 is 0 Å². The summed E-state index contributed by atoms with van der Waals surface area (Å²) in [5, 5.41) is 12.6. The first-order valence-electron chi connectivity index (χ1n) is 6.44. The quantitative estimate of drug-likeness (QED) is 0.707. The maximum atomic E-state index is 10.6. The Hall–Kier alpha value is -0.830. The molecular weight excluding hydrogens is 401 g/mol. The van der Waals surface area contributed by atoms with Crippen LogP contribution in [0.2, 0.25) is 0 Å². The van der Waals surface area contributed by atoms with Crippen molar-refractivity contribution in [2.24, 2.45) is 5.73 Å². The summed E-state index contributed by atoms with van der Waals surface area (Å²) >= 11 is 3.86. The monoisotopic (exact) mass is 419 g/mol. The zero-order chi connectivity index (χ0) is 15.4. The Morgan fingerprint density at radius 2 is 1.90 bits per heavy atom. The van der Waals surface area contributed by atoms with Crippen molar-refractivity contribution in [2.45, 2.75) is 12.0 Å². The van der Waals surface area contributed by atoms with E-state index in [2.05, 4.69) is 22.6 Å². The highest BCUT2D eigenvalue weighted by molar-refractivity contribution is 14.1. The number of thiophene rings is 1. The van der Waals surface area contributed by atoms with Crippen LogP contribution in [0, 0.1) is 2.88 Å². The van der Waals surface area contributed by atoms with Gasteiger partial charge in [0.25, 0.3) is 0 Å². The molecule has 2 unspecified atom stereocenters. The summed E-state index contributed by atoms with van der Waals surface area (Å²) in [6.07, 6.45) is -0.632. The number of nitrogens with two attached hydrogens (primary N) is 1. The largest absolute Gasteiger partial charge is 0.493 e. The number of benzene rings is 1. The smallest absolute Gasteiger partial charge is 0.160 e. The number of halogens is 1. The fourth-order valence-corrected chi connectivity index (χ4v) is 3.64. The fraction of sp³-hybridized carbons (Fsp3) is 0.333. The fourth-order valence-electron chi connectivity index (χ4n) is 2.24. The molecule has 114 valence electrons. The summed E-state index contributed by atoms with van der Waals surface area (Å²) in [5.41, 5.74) is 7.71. The molecule has 1 aromatic carbocycles. The molecule has 0 saturated heterocycles. The van der Waals surface area contributed by atoms with Gasteiger partial charge in [0, 0.05) is 12.5 Å². The van der Waals surface area contributed by atoms with E-state index in [1.54, 1.807) is 25.6 Å². The van der Waals surface area contributed by atoms with Gasteiger partial charge in [-0.2, -0.15) is 0 Å². The van der Waals surface area contributed by atoms with Gasteiger partial charge in [0.05, 0.1) is 23.2 Å². The molecule has 21 heavy (non-hydrogen) atoms. The first-order chi connectivity index (χ1) is 10.1. The molecule has 0 bridgehead atoms. The standard InChI is InChI=1S/C15H18INO3S/c1-19-12-4-3-9(5-13(12)20-2)11(7-17)15(18)10-6-14(16)21-8-10/h3-6,8,11,15,18H,7,17H2,1-2H3. The lowest BCUT2D eigenvalue weighted by atomic mass is 9.90. The van der Waals surface area contributed by atoms with E-state index in [4.69, 9.17) is 15.2 Å². The summed E-state index contributed by atoms with van der Waals surface area (Å²) in [6, 6.07) is 7.61. The molecule has 0 aliphatic rings. The Bertz CT molecular complexity index is 602. The van der Waals surface area contributed by atoms with Crippen LogP contribution in [-0.4, -0.2) is 25.9 Å². The highest BCUT2D eigenvalue weighted by Gasteiger charge is 2.23. The zero-order valence-corrected chi connectivity index (χ0v) is 14.8. The van der Waals surface area contributed by atoms with Gasteiger partial charge < -0.3 is 20.3 Å². The Kier molecular flexibility index (Phi) is 5.86. The summed E-state index contributed by atoms with van der Waals surface area (Å²) in [7, 11) is 3.19. The van der Waals surface area contributed by atoms with Crippen LogP contribution in [-0.2, 0) is 0 Å². The summed E-state index contributed by atoms with van der Waals surface area (Å²) in [4.78, 5) is 0.